The Morgan fingerprint density at radius 1 is 0.900 bits per heavy atom. The van der Waals surface area contributed by atoms with Crippen molar-refractivity contribution in [1.29, 1.82) is 0 Å². The summed E-state index contributed by atoms with van der Waals surface area (Å²) in [6.07, 6.45) is 1.05. The maximum absolute atomic E-state index is 14.9. The van der Waals surface area contributed by atoms with E-state index < -0.39 is 29.6 Å². The average Bonchev–Trinajstić information content (AvgIpc) is 2.94. The summed E-state index contributed by atoms with van der Waals surface area (Å²) in [4.78, 5) is 0. The van der Waals surface area contributed by atoms with Crippen molar-refractivity contribution in [2.45, 2.75) is 76.6 Å². The summed E-state index contributed by atoms with van der Waals surface area (Å²) in [7, 11) is 0. The van der Waals surface area contributed by atoms with Crippen molar-refractivity contribution < 1.29 is 45.3 Å². The molecule has 10 heteroatoms. The molecule has 2 fully saturated rings. The van der Waals surface area contributed by atoms with Crippen molar-refractivity contribution >= 4 is 0 Å². The van der Waals surface area contributed by atoms with E-state index in [0.717, 1.165) is 68.5 Å². The second-order valence-corrected chi connectivity index (χ2v) is 10.5. The van der Waals surface area contributed by atoms with Gasteiger partial charge in [-0.05, 0) is 80.0 Å². The van der Waals surface area contributed by atoms with E-state index in [9.17, 15) is 26.3 Å². The Morgan fingerprint density at radius 2 is 1.55 bits per heavy atom. The van der Waals surface area contributed by atoms with Gasteiger partial charge in [-0.1, -0.05) is 32.3 Å². The Kier molecular flexibility index (Phi) is 10.4. The molecule has 1 aliphatic carbocycles. The number of benzene rings is 2. The minimum Gasteiger partial charge on any atom is -0.429 e. The molecule has 2 aliphatic rings. The van der Waals surface area contributed by atoms with Crippen molar-refractivity contribution in [3.8, 4) is 11.5 Å². The normalized spacial score (nSPS) is 23.5. The monoisotopic (exact) mass is 572 g/mol. The molecule has 4 rings (SSSR count). The first kappa shape index (κ1) is 30.2. The van der Waals surface area contributed by atoms with Crippen molar-refractivity contribution in [1.82, 2.24) is 0 Å². The second-order valence-electron chi connectivity index (χ2n) is 10.5. The minimum absolute atomic E-state index is 0.0378. The molecular weight excluding hydrogens is 538 g/mol. The van der Waals surface area contributed by atoms with Gasteiger partial charge in [-0.15, -0.1) is 0 Å². The predicted molar refractivity (Wildman–Crippen MR) is 136 cm³/mol. The average molecular weight is 573 g/mol. The molecule has 2 aromatic carbocycles. The van der Waals surface area contributed by atoms with Crippen LogP contribution >= 0.6 is 0 Å². The molecule has 0 N–H and O–H groups in total. The van der Waals surface area contributed by atoms with Gasteiger partial charge < -0.3 is 18.9 Å². The molecule has 0 unspecified atom stereocenters. The number of alkyl halides is 2. The molecule has 0 atom stereocenters. The number of rotatable bonds is 11. The van der Waals surface area contributed by atoms with E-state index in [2.05, 4.69) is 16.4 Å². The zero-order chi connectivity index (χ0) is 28.7. The maximum Gasteiger partial charge on any atom is 0.429 e. The van der Waals surface area contributed by atoms with E-state index in [4.69, 9.17) is 9.47 Å². The molecule has 220 valence electrons. The fourth-order valence-electron chi connectivity index (χ4n) is 5.35. The van der Waals surface area contributed by atoms with Crippen molar-refractivity contribution in [2.75, 3.05) is 13.2 Å². The van der Waals surface area contributed by atoms with Gasteiger partial charge in [0.2, 0.25) is 0 Å². The van der Waals surface area contributed by atoms with Gasteiger partial charge in [0.1, 0.15) is 17.3 Å². The van der Waals surface area contributed by atoms with E-state index in [1.54, 1.807) is 0 Å². The molecule has 1 saturated carbocycles. The highest BCUT2D eigenvalue weighted by molar-refractivity contribution is 5.34. The third kappa shape index (κ3) is 7.94. The lowest BCUT2D eigenvalue weighted by Crippen LogP contribution is -2.38. The second kappa shape index (κ2) is 13.8. The molecule has 0 spiro atoms. The van der Waals surface area contributed by atoms with Gasteiger partial charge in [-0.25, -0.2) is 4.39 Å². The maximum atomic E-state index is 14.9. The first-order valence-corrected chi connectivity index (χ1v) is 13.7. The zero-order valence-corrected chi connectivity index (χ0v) is 22.3. The van der Waals surface area contributed by atoms with Crippen LogP contribution in [0.15, 0.2) is 54.6 Å². The fraction of sp³-hybridized carbons (Fsp3) is 0.533. The highest BCUT2D eigenvalue weighted by atomic mass is 19.3. The van der Waals surface area contributed by atoms with Crippen LogP contribution in [0, 0.1) is 17.7 Å². The SMILES string of the molecule is CCCCCC1COC(C2CCC(c3ccc(C(F)(F)Oc4ccc(OC(F)=C(F)F)cc4)c(F)c3)CC2)OC1. The van der Waals surface area contributed by atoms with E-state index in [0.29, 0.717) is 24.7 Å². The molecule has 4 nitrogen and oxygen atoms in total. The van der Waals surface area contributed by atoms with Crippen LogP contribution in [-0.2, 0) is 15.6 Å². The van der Waals surface area contributed by atoms with Crippen molar-refractivity contribution in [2.24, 2.45) is 11.8 Å². The van der Waals surface area contributed by atoms with Crippen LogP contribution < -0.4 is 9.47 Å². The van der Waals surface area contributed by atoms with Crippen LogP contribution in [0.2, 0.25) is 0 Å². The van der Waals surface area contributed by atoms with Gasteiger partial charge >= 0.3 is 18.2 Å². The van der Waals surface area contributed by atoms with Crippen LogP contribution in [0.25, 0.3) is 0 Å². The molecule has 0 radical (unpaired) electrons. The summed E-state index contributed by atoms with van der Waals surface area (Å²) in [6.45, 7) is 3.61. The molecule has 1 saturated heterocycles. The number of hydrogen-bond donors (Lipinski definition) is 0. The predicted octanol–water partition coefficient (Wildman–Crippen LogP) is 9.21. The summed E-state index contributed by atoms with van der Waals surface area (Å²) >= 11 is 0. The van der Waals surface area contributed by atoms with Gasteiger partial charge in [0.25, 0.3) is 0 Å². The quantitative estimate of drug-likeness (QED) is 0.153. The third-order valence-corrected chi connectivity index (χ3v) is 7.57. The standard InChI is InChI=1S/C30H34F6O4/c1-2-3-4-5-19-17-37-29(38-18-19)21-8-6-20(7-9-21)22-10-15-25(26(31)16-22)30(35,36)40-24-13-11-23(12-14-24)39-28(34)27(32)33/h10-16,19-21,29H,2-9,17-18H2,1H3. The highest BCUT2D eigenvalue weighted by Gasteiger charge is 2.39. The van der Waals surface area contributed by atoms with Gasteiger partial charge in [0.15, 0.2) is 6.29 Å². The van der Waals surface area contributed by atoms with Gasteiger partial charge in [0.05, 0.1) is 18.8 Å². The number of hydrogen-bond acceptors (Lipinski definition) is 4. The number of unbranched alkanes of at least 4 members (excludes halogenated alkanes) is 2. The molecule has 0 amide bonds. The summed E-state index contributed by atoms with van der Waals surface area (Å²) in [6, 6.07) is 5.43. The summed E-state index contributed by atoms with van der Waals surface area (Å²) in [5.74, 6) is -1.09. The largest absolute Gasteiger partial charge is 0.429 e. The smallest absolute Gasteiger partial charge is 0.429 e. The summed E-state index contributed by atoms with van der Waals surface area (Å²) in [5, 5.41) is 0. The Balaban J connectivity index is 1.29. The highest BCUT2D eigenvalue weighted by Crippen LogP contribution is 2.41. The Labute approximate surface area is 230 Å². The van der Waals surface area contributed by atoms with Gasteiger partial charge in [-0.2, -0.15) is 22.0 Å². The summed E-state index contributed by atoms with van der Waals surface area (Å²) < 4.78 is 103. The minimum atomic E-state index is -4.01. The van der Waals surface area contributed by atoms with Crippen LogP contribution in [0.3, 0.4) is 0 Å². The van der Waals surface area contributed by atoms with Crippen molar-refractivity contribution in [3.05, 3.63) is 71.5 Å². The van der Waals surface area contributed by atoms with E-state index in [1.807, 2.05) is 0 Å². The van der Waals surface area contributed by atoms with Gasteiger partial charge in [0, 0.05) is 11.8 Å². The summed E-state index contributed by atoms with van der Waals surface area (Å²) in [5.41, 5.74) is -0.287. The van der Waals surface area contributed by atoms with Crippen LogP contribution in [0.5, 0.6) is 11.5 Å². The van der Waals surface area contributed by atoms with Crippen LogP contribution in [0.4, 0.5) is 26.3 Å². The molecule has 40 heavy (non-hydrogen) atoms. The van der Waals surface area contributed by atoms with Crippen LogP contribution in [-0.4, -0.2) is 19.5 Å². The van der Waals surface area contributed by atoms with Crippen LogP contribution in [0.1, 0.15) is 75.3 Å². The Bertz CT molecular complexity index is 1120. The Morgan fingerprint density at radius 3 is 2.15 bits per heavy atom. The lowest BCUT2D eigenvalue weighted by molar-refractivity contribution is -0.229. The van der Waals surface area contributed by atoms with Gasteiger partial charge in [-0.3, -0.25) is 0 Å². The Hall–Kier alpha value is -2.72. The van der Waals surface area contributed by atoms with Crippen molar-refractivity contribution in [3.63, 3.8) is 0 Å². The lowest BCUT2D eigenvalue weighted by atomic mass is 9.78. The molecule has 0 aromatic heterocycles. The molecule has 0 bridgehead atoms. The zero-order valence-electron chi connectivity index (χ0n) is 22.3. The fourth-order valence-corrected chi connectivity index (χ4v) is 5.35. The number of halogens is 6. The van der Waals surface area contributed by atoms with E-state index in [-0.39, 0.29) is 29.6 Å². The first-order chi connectivity index (χ1) is 19.2. The molecular formula is C30H34F6O4. The molecule has 1 heterocycles. The van der Waals surface area contributed by atoms with E-state index in [1.165, 1.54) is 25.3 Å². The lowest BCUT2D eigenvalue weighted by Gasteiger charge is -2.37. The van der Waals surface area contributed by atoms with E-state index >= 15 is 0 Å². The molecule has 1 aliphatic heterocycles. The molecule has 2 aromatic rings. The number of ether oxygens (including phenoxy) is 4. The third-order valence-electron chi connectivity index (χ3n) is 7.57. The first-order valence-electron chi connectivity index (χ1n) is 13.7. The topological polar surface area (TPSA) is 36.9 Å².